The van der Waals surface area contributed by atoms with E-state index < -0.39 is 0 Å². The lowest BCUT2D eigenvalue weighted by atomic mass is 10.0. The number of pyridine rings is 1. The van der Waals surface area contributed by atoms with Gasteiger partial charge in [0.2, 0.25) is 0 Å². The molecule has 0 bridgehead atoms. The van der Waals surface area contributed by atoms with Gasteiger partial charge >= 0.3 is 0 Å². The Morgan fingerprint density at radius 1 is 1.21 bits per heavy atom. The van der Waals surface area contributed by atoms with Crippen LogP contribution in [0.4, 0.5) is 10.2 Å². The zero-order valence-corrected chi connectivity index (χ0v) is 18.5. The van der Waals surface area contributed by atoms with Gasteiger partial charge < -0.3 is 15.0 Å². The summed E-state index contributed by atoms with van der Waals surface area (Å²) in [6.45, 7) is 0.815. The van der Waals surface area contributed by atoms with Crippen molar-refractivity contribution in [2.24, 2.45) is 7.05 Å². The van der Waals surface area contributed by atoms with Crippen molar-refractivity contribution in [3.05, 3.63) is 59.4 Å². The van der Waals surface area contributed by atoms with Crippen LogP contribution >= 0.6 is 0 Å². The van der Waals surface area contributed by atoms with Gasteiger partial charge in [0.15, 0.2) is 5.69 Å². The van der Waals surface area contributed by atoms with Crippen molar-refractivity contribution in [3.8, 4) is 17.0 Å². The van der Waals surface area contributed by atoms with Crippen molar-refractivity contribution in [1.29, 1.82) is 0 Å². The van der Waals surface area contributed by atoms with Crippen molar-refractivity contribution >= 4 is 22.5 Å². The summed E-state index contributed by atoms with van der Waals surface area (Å²) in [5.41, 5.74) is 3.28. The Bertz CT molecular complexity index is 1380. The smallest absolute Gasteiger partial charge is 0.273 e. The molecule has 0 unspecified atom stereocenters. The number of fused-ring (bicyclic) bond motifs is 2. The lowest BCUT2D eigenvalue weighted by Crippen LogP contribution is -2.22. The van der Waals surface area contributed by atoms with Crippen LogP contribution in [0.5, 0.6) is 5.75 Å². The third-order valence-corrected chi connectivity index (χ3v) is 5.75. The van der Waals surface area contributed by atoms with Crippen molar-refractivity contribution < 1.29 is 13.9 Å². The zero-order chi connectivity index (χ0) is 23.1. The third kappa shape index (κ3) is 3.63. The average molecular weight is 447 g/mol. The van der Waals surface area contributed by atoms with E-state index in [-0.39, 0.29) is 18.3 Å². The van der Waals surface area contributed by atoms with Crippen LogP contribution in [-0.2, 0) is 20.0 Å². The number of benzene rings is 1. The van der Waals surface area contributed by atoms with E-state index in [1.807, 2.05) is 0 Å². The monoisotopic (exact) mass is 447 g/mol. The third-order valence-electron chi connectivity index (χ3n) is 5.75. The molecule has 0 fully saturated rings. The number of aromatic nitrogens is 5. The Morgan fingerprint density at radius 2 is 2.00 bits per heavy atom. The number of carbonyl (C=O) groups excluding carboxylic acids is 1. The molecule has 1 amide bonds. The number of carbonyl (C=O) groups is 1. The second-order valence-corrected chi connectivity index (χ2v) is 8.03. The number of nitrogens with zero attached hydrogens (tertiary/aromatic N) is 6. The Hall–Kier alpha value is -4.08. The van der Waals surface area contributed by atoms with E-state index in [0.29, 0.717) is 30.1 Å². The molecule has 10 heteroatoms. The normalized spacial score (nSPS) is 12.5. The van der Waals surface area contributed by atoms with Crippen LogP contribution < -0.4 is 10.1 Å². The van der Waals surface area contributed by atoms with Gasteiger partial charge in [-0.2, -0.15) is 15.3 Å². The number of hydrogen-bond acceptors (Lipinski definition) is 7. The number of aryl methyl sites for hydroxylation is 1. The lowest BCUT2D eigenvalue weighted by molar-refractivity contribution is 0.0821. The standard InChI is InChI=1S/C23H22FN7O2/c1-30(2)23(32)19-8-20(31(3)29-19)16-10-26-22(17-12-28-27-11-14(16)17)25-9-15-13-6-7-33-21(13)5-4-18(15)24/h4-5,8,10-12H,6-7,9H2,1-3H3,(H,25,26). The summed E-state index contributed by atoms with van der Waals surface area (Å²) in [6.07, 6.45) is 5.64. The first-order valence-corrected chi connectivity index (χ1v) is 10.5. The van der Waals surface area contributed by atoms with E-state index in [9.17, 15) is 9.18 Å². The van der Waals surface area contributed by atoms with Gasteiger partial charge in [-0.15, -0.1) is 0 Å². The highest BCUT2D eigenvalue weighted by Crippen LogP contribution is 2.33. The summed E-state index contributed by atoms with van der Waals surface area (Å²) in [7, 11) is 5.14. The van der Waals surface area contributed by atoms with Gasteiger partial charge in [0.05, 0.1) is 24.7 Å². The Balaban J connectivity index is 1.52. The molecule has 1 aliphatic heterocycles. The molecule has 168 valence electrons. The second-order valence-electron chi connectivity index (χ2n) is 8.03. The minimum Gasteiger partial charge on any atom is -0.493 e. The molecule has 0 saturated carbocycles. The first-order chi connectivity index (χ1) is 15.9. The molecule has 0 spiro atoms. The Labute approximate surface area is 189 Å². The molecule has 1 aromatic carbocycles. The van der Waals surface area contributed by atoms with Gasteiger partial charge in [-0.3, -0.25) is 9.48 Å². The summed E-state index contributed by atoms with van der Waals surface area (Å²) in [4.78, 5) is 18.4. The fraction of sp³-hybridized carbons (Fsp3) is 0.261. The van der Waals surface area contributed by atoms with Gasteiger partial charge in [0, 0.05) is 67.8 Å². The van der Waals surface area contributed by atoms with Crippen LogP contribution in [0.3, 0.4) is 0 Å². The number of anilines is 1. The summed E-state index contributed by atoms with van der Waals surface area (Å²) < 4.78 is 21.7. The van der Waals surface area contributed by atoms with Crippen LogP contribution in [0.15, 0.2) is 36.8 Å². The number of rotatable bonds is 5. The van der Waals surface area contributed by atoms with E-state index in [1.165, 1.54) is 11.0 Å². The van der Waals surface area contributed by atoms with Crippen LogP contribution in [-0.4, -0.2) is 56.5 Å². The Kier molecular flexibility index (Phi) is 5.12. The van der Waals surface area contributed by atoms with Crippen molar-refractivity contribution in [2.75, 3.05) is 26.0 Å². The van der Waals surface area contributed by atoms with Crippen LogP contribution in [0.2, 0.25) is 0 Å². The highest BCUT2D eigenvalue weighted by molar-refractivity contribution is 6.01. The van der Waals surface area contributed by atoms with Crippen LogP contribution in [0, 0.1) is 5.82 Å². The lowest BCUT2D eigenvalue weighted by Gasteiger charge is -2.13. The summed E-state index contributed by atoms with van der Waals surface area (Å²) in [6, 6.07) is 4.83. The highest BCUT2D eigenvalue weighted by atomic mass is 19.1. The predicted molar refractivity (Wildman–Crippen MR) is 120 cm³/mol. The van der Waals surface area contributed by atoms with E-state index in [4.69, 9.17) is 4.74 Å². The number of ether oxygens (including phenoxy) is 1. The first-order valence-electron chi connectivity index (χ1n) is 10.5. The molecule has 4 heterocycles. The van der Waals surface area contributed by atoms with Crippen LogP contribution in [0.1, 0.15) is 21.6 Å². The van der Waals surface area contributed by atoms with Crippen molar-refractivity contribution in [2.45, 2.75) is 13.0 Å². The molecule has 3 aromatic heterocycles. The van der Waals surface area contributed by atoms with Gasteiger partial charge in [-0.25, -0.2) is 9.37 Å². The van der Waals surface area contributed by atoms with Gasteiger partial charge in [-0.05, 0) is 18.2 Å². The highest BCUT2D eigenvalue weighted by Gasteiger charge is 2.21. The van der Waals surface area contributed by atoms with E-state index in [2.05, 4.69) is 25.6 Å². The SMILES string of the molecule is CN(C)C(=O)c1cc(-c2cnc(NCc3c(F)ccc4c3CCO4)c3cnncc23)n(C)n1. The molecule has 1 aliphatic rings. The molecule has 0 saturated heterocycles. The maximum atomic E-state index is 14.5. The summed E-state index contributed by atoms with van der Waals surface area (Å²) in [5, 5.41) is 17.2. The molecule has 1 N–H and O–H groups in total. The summed E-state index contributed by atoms with van der Waals surface area (Å²) in [5.74, 6) is 0.826. The maximum Gasteiger partial charge on any atom is 0.273 e. The molecular formula is C23H22FN7O2. The molecule has 4 aromatic rings. The molecule has 33 heavy (non-hydrogen) atoms. The zero-order valence-electron chi connectivity index (χ0n) is 18.5. The molecule has 0 atom stereocenters. The predicted octanol–water partition coefficient (Wildman–Crippen LogP) is 2.81. The molecule has 0 radical (unpaired) electrons. The number of amides is 1. The van der Waals surface area contributed by atoms with Crippen LogP contribution in [0.25, 0.3) is 22.0 Å². The fourth-order valence-electron chi connectivity index (χ4n) is 4.07. The first kappa shape index (κ1) is 20.8. The number of hydrogen-bond donors (Lipinski definition) is 1. The van der Waals surface area contributed by atoms with E-state index in [0.717, 1.165) is 33.3 Å². The second kappa shape index (κ2) is 8.12. The maximum absolute atomic E-state index is 14.5. The molecular weight excluding hydrogens is 425 g/mol. The number of halogens is 1. The minimum absolute atomic E-state index is 0.186. The van der Waals surface area contributed by atoms with E-state index in [1.54, 1.807) is 56.5 Å². The number of nitrogens with one attached hydrogen (secondary N) is 1. The Morgan fingerprint density at radius 3 is 2.79 bits per heavy atom. The topological polar surface area (TPSA) is 98.1 Å². The quantitative estimate of drug-likeness (QED) is 0.502. The average Bonchev–Trinajstić information content (AvgIpc) is 3.44. The van der Waals surface area contributed by atoms with Gasteiger partial charge in [0.1, 0.15) is 17.4 Å². The molecule has 9 nitrogen and oxygen atoms in total. The minimum atomic E-state index is -0.277. The molecule has 0 aliphatic carbocycles. The summed E-state index contributed by atoms with van der Waals surface area (Å²) >= 11 is 0. The van der Waals surface area contributed by atoms with E-state index >= 15 is 0 Å². The largest absolute Gasteiger partial charge is 0.493 e. The van der Waals surface area contributed by atoms with Crippen molar-refractivity contribution in [1.82, 2.24) is 29.9 Å². The molecule has 5 rings (SSSR count). The van der Waals surface area contributed by atoms with Gasteiger partial charge in [0.25, 0.3) is 5.91 Å². The fourth-order valence-corrected chi connectivity index (χ4v) is 4.07. The van der Waals surface area contributed by atoms with Crippen molar-refractivity contribution in [3.63, 3.8) is 0 Å². The van der Waals surface area contributed by atoms with Gasteiger partial charge in [-0.1, -0.05) is 0 Å².